The van der Waals surface area contributed by atoms with Gasteiger partial charge in [0.15, 0.2) is 0 Å². The van der Waals surface area contributed by atoms with Crippen molar-refractivity contribution < 1.29 is 14.3 Å². The monoisotopic (exact) mass is 476 g/mol. The molecule has 0 radical (unpaired) electrons. The molecule has 1 N–H and O–H groups in total. The van der Waals surface area contributed by atoms with E-state index >= 15 is 0 Å². The van der Waals surface area contributed by atoms with Crippen LogP contribution in [0, 0.1) is 6.92 Å². The van der Waals surface area contributed by atoms with E-state index in [1.54, 1.807) is 18.9 Å². The first-order valence-corrected chi connectivity index (χ1v) is 12.4. The lowest BCUT2D eigenvalue weighted by molar-refractivity contribution is 0.0941. The molecule has 35 heavy (non-hydrogen) atoms. The number of rotatable bonds is 9. The topological polar surface area (TPSA) is 68.6 Å². The molecule has 0 bridgehead atoms. The minimum absolute atomic E-state index is 0.136. The van der Waals surface area contributed by atoms with Crippen molar-refractivity contribution in [2.75, 3.05) is 33.9 Å². The van der Waals surface area contributed by atoms with Gasteiger partial charge in [0.25, 0.3) is 5.91 Å². The number of nitrogens with one attached hydrogen (secondary N) is 1. The SMILES string of the molecule is COc1ccc(-c2cc(C(=O)NCCCN3CCCCC3C)n(-c3ccc(C)cc3)n2)c(OC)c1. The highest BCUT2D eigenvalue weighted by Gasteiger charge is 2.21. The van der Waals surface area contributed by atoms with Gasteiger partial charge in [0, 0.05) is 30.8 Å². The lowest BCUT2D eigenvalue weighted by Crippen LogP contribution is -2.39. The van der Waals surface area contributed by atoms with Gasteiger partial charge in [-0.05, 0) is 70.0 Å². The summed E-state index contributed by atoms with van der Waals surface area (Å²) in [6.07, 6.45) is 4.77. The number of piperidine rings is 1. The van der Waals surface area contributed by atoms with Crippen LogP contribution in [-0.2, 0) is 0 Å². The fourth-order valence-corrected chi connectivity index (χ4v) is 4.63. The van der Waals surface area contributed by atoms with Gasteiger partial charge in [-0.3, -0.25) is 4.79 Å². The quantitative estimate of drug-likeness (QED) is 0.447. The standard InChI is InChI=1S/C28H36N4O3/c1-20-9-11-22(12-10-20)32-26(28(33)29-15-7-17-31-16-6-5-8-21(31)2)19-25(30-32)24-14-13-23(34-3)18-27(24)35-4/h9-14,18-19,21H,5-8,15-17H2,1-4H3,(H,29,33). The number of hydrogen-bond acceptors (Lipinski definition) is 5. The van der Waals surface area contributed by atoms with E-state index < -0.39 is 0 Å². The van der Waals surface area contributed by atoms with E-state index in [9.17, 15) is 4.79 Å². The molecule has 7 heteroatoms. The molecular weight excluding hydrogens is 440 g/mol. The first-order chi connectivity index (χ1) is 17.0. The van der Waals surface area contributed by atoms with Gasteiger partial charge in [-0.25, -0.2) is 4.68 Å². The molecule has 1 unspecified atom stereocenters. The third kappa shape index (κ3) is 5.85. The van der Waals surface area contributed by atoms with Gasteiger partial charge in [-0.15, -0.1) is 0 Å². The van der Waals surface area contributed by atoms with Crippen molar-refractivity contribution in [3.05, 3.63) is 59.8 Å². The van der Waals surface area contributed by atoms with E-state index in [0.717, 1.165) is 36.3 Å². The summed E-state index contributed by atoms with van der Waals surface area (Å²) in [5, 5.41) is 7.91. The molecule has 4 rings (SSSR count). The van der Waals surface area contributed by atoms with Gasteiger partial charge in [-0.2, -0.15) is 5.10 Å². The number of carbonyl (C=O) groups is 1. The number of hydrogen-bond donors (Lipinski definition) is 1. The second kappa shape index (κ2) is 11.4. The van der Waals surface area contributed by atoms with Gasteiger partial charge >= 0.3 is 0 Å². The van der Waals surface area contributed by atoms with E-state index in [2.05, 4.69) is 17.1 Å². The van der Waals surface area contributed by atoms with Crippen LogP contribution in [0.2, 0.25) is 0 Å². The van der Waals surface area contributed by atoms with Crippen LogP contribution >= 0.6 is 0 Å². The summed E-state index contributed by atoms with van der Waals surface area (Å²) in [5.74, 6) is 1.20. The maximum atomic E-state index is 13.3. The van der Waals surface area contributed by atoms with Crippen molar-refractivity contribution in [3.63, 3.8) is 0 Å². The Kier molecular flexibility index (Phi) is 8.08. The highest BCUT2D eigenvalue weighted by Crippen LogP contribution is 2.33. The van der Waals surface area contributed by atoms with E-state index in [-0.39, 0.29) is 5.91 Å². The van der Waals surface area contributed by atoms with Crippen molar-refractivity contribution in [1.29, 1.82) is 0 Å². The second-order valence-electron chi connectivity index (χ2n) is 9.22. The second-order valence-corrected chi connectivity index (χ2v) is 9.22. The van der Waals surface area contributed by atoms with Crippen LogP contribution in [0.25, 0.3) is 16.9 Å². The van der Waals surface area contributed by atoms with E-state index in [1.165, 1.54) is 19.3 Å². The molecule has 0 aliphatic carbocycles. The molecule has 1 saturated heterocycles. The largest absolute Gasteiger partial charge is 0.497 e. The summed E-state index contributed by atoms with van der Waals surface area (Å²) in [7, 11) is 3.24. The smallest absolute Gasteiger partial charge is 0.270 e. The lowest BCUT2D eigenvalue weighted by atomic mass is 10.0. The van der Waals surface area contributed by atoms with Crippen LogP contribution in [0.1, 0.15) is 48.7 Å². The normalized spacial score (nSPS) is 16.2. The minimum atomic E-state index is -0.136. The van der Waals surface area contributed by atoms with E-state index in [1.807, 2.05) is 55.5 Å². The number of likely N-dealkylation sites (tertiary alicyclic amines) is 1. The summed E-state index contributed by atoms with van der Waals surface area (Å²) in [6, 6.07) is 16.0. The number of aryl methyl sites for hydroxylation is 1. The van der Waals surface area contributed by atoms with Crippen LogP contribution in [0.3, 0.4) is 0 Å². The molecule has 7 nitrogen and oxygen atoms in total. The Labute approximate surface area is 208 Å². The van der Waals surface area contributed by atoms with E-state index in [4.69, 9.17) is 14.6 Å². The van der Waals surface area contributed by atoms with Crippen LogP contribution in [0.15, 0.2) is 48.5 Å². The third-order valence-electron chi connectivity index (χ3n) is 6.75. The van der Waals surface area contributed by atoms with Crippen LogP contribution in [-0.4, -0.2) is 60.5 Å². The maximum absolute atomic E-state index is 13.3. The summed E-state index contributed by atoms with van der Waals surface area (Å²) >= 11 is 0. The van der Waals surface area contributed by atoms with E-state index in [0.29, 0.717) is 35.5 Å². The summed E-state index contributed by atoms with van der Waals surface area (Å²) in [6.45, 7) is 7.13. The van der Waals surface area contributed by atoms with Gasteiger partial charge < -0.3 is 19.7 Å². The Morgan fingerprint density at radius 2 is 1.89 bits per heavy atom. The zero-order valence-electron chi connectivity index (χ0n) is 21.2. The van der Waals surface area contributed by atoms with Crippen molar-refractivity contribution in [3.8, 4) is 28.4 Å². The van der Waals surface area contributed by atoms with Crippen LogP contribution < -0.4 is 14.8 Å². The first-order valence-electron chi connectivity index (χ1n) is 12.4. The van der Waals surface area contributed by atoms with Crippen LogP contribution in [0.4, 0.5) is 0 Å². The molecule has 0 spiro atoms. The van der Waals surface area contributed by atoms with Crippen LogP contribution in [0.5, 0.6) is 11.5 Å². The maximum Gasteiger partial charge on any atom is 0.270 e. The van der Waals surface area contributed by atoms with Gasteiger partial charge in [0.2, 0.25) is 0 Å². The Bertz CT molecular complexity index is 1140. The molecule has 1 aromatic heterocycles. The Morgan fingerprint density at radius 1 is 1.09 bits per heavy atom. The molecule has 186 valence electrons. The summed E-state index contributed by atoms with van der Waals surface area (Å²) in [4.78, 5) is 15.8. The number of nitrogens with zero attached hydrogens (tertiary/aromatic N) is 3. The number of benzene rings is 2. The molecule has 2 aromatic carbocycles. The molecule has 2 heterocycles. The molecule has 1 amide bonds. The molecule has 1 fully saturated rings. The summed E-state index contributed by atoms with van der Waals surface area (Å²) < 4.78 is 12.6. The zero-order chi connectivity index (χ0) is 24.8. The minimum Gasteiger partial charge on any atom is -0.497 e. The highest BCUT2D eigenvalue weighted by atomic mass is 16.5. The summed E-state index contributed by atoms with van der Waals surface area (Å²) in [5.41, 5.74) is 3.94. The van der Waals surface area contributed by atoms with Crippen molar-refractivity contribution in [2.24, 2.45) is 0 Å². The Hall–Kier alpha value is -3.32. The molecular formula is C28H36N4O3. The predicted molar refractivity (Wildman–Crippen MR) is 139 cm³/mol. The number of amides is 1. The van der Waals surface area contributed by atoms with Gasteiger partial charge in [0.05, 0.1) is 25.6 Å². The molecule has 1 aliphatic heterocycles. The predicted octanol–water partition coefficient (Wildman–Crippen LogP) is 4.86. The van der Waals surface area contributed by atoms with Crippen molar-refractivity contribution in [2.45, 2.75) is 45.6 Å². The molecule has 1 atom stereocenters. The van der Waals surface area contributed by atoms with Gasteiger partial charge in [-0.1, -0.05) is 24.1 Å². The molecule has 0 saturated carbocycles. The molecule has 1 aliphatic rings. The zero-order valence-corrected chi connectivity index (χ0v) is 21.2. The first kappa shape index (κ1) is 24.8. The van der Waals surface area contributed by atoms with Gasteiger partial charge in [0.1, 0.15) is 17.2 Å². The fourth-order valence-electron chi connectivity index (χ4n) is 4.63. The Balaban J connectivity index is 1.56. The van der Waals surface area contributed by atoms with Crippen molar-refractivity contribution in [1.82, 2.24) is 20.0 Å². The number of carbonyl (C=O) groups excluding carboxylic acids is 1. The Morgan fingerprint density at radius 3 is 2.60 bits per heavy atom. The third-order valence-corrected chi connectivity index (χ3v) is 6.75. The average molecular weight is 477 g/mol. The molecule has 3 aromatic rings. The number of ether oxygens (including phenoxy) is 2. The number of methoxy groups -OCH3 is 2. The lowest BCUT2D eigenvalue weighted by Gasteiger charge is -2.33. The number of aromatic nitrogens is 2. The highest BCUT2D eigenvalue weighted by molar-refractivity contribution is 5.94. The fraction of sp³-hybridized carbons (Fsp3) is 0.429. The average Bonchev–Trinajstić information content (AvgIpc) is 3.33. The van der Waals surface area contributed by atoms with Crippen molar-refractivity contribution >= 4 is 5.91 Å².